The molecule has 0 bridgehead atoms. The number of morpholine rings is 1. The normalized spacial score (nSPS) is 17.5. The van der Waals surface area contributed by atoms with Crippen molar-refractivity contribution in [3.05, 3.63) is 64.7 Å². The van der Waals surface area contributed by atoms with E-state index in [0.29, 0.717) is 68.1 Å². The number of carbonyl (C=O) groups excluding carboxylic acids is 2. The Morgan fingerprint density at radius 2 is 1.55 bits per heavy atom. The van der Waals surface area contributed by atoms with Gasteiger partial charge in [-0.25, -0.2) is 0 Å². The predicted octanol–water partition coefficient (Wildman–Crippen LogP) is 3.74. The first-order chi connectivity index (χ1) is 15.1. The van der Waals surface area contributed by atoms with Crippen LogP contribution in [0, 0.1) is 5.92 Å². The van der Waals surface area contributed by atoms with E-state index >= 15 is 0 Å². The van der Waals surface area contributed by atoms with E-state index in [4.69, 9.17) is 21.1 Å². The summed E-state index contributed by atoms with van der Waals surface area (Å²) >= 11 is 6.16. The average Bonchev–Trinajstić information content (AvgIpc) is 2.83. The first kappa shape index (κ1) is 21.7. The maximum absolute atomic E-state index is 12.7. The number of halogens is 1. The summed E-state index contributed by atoms with van der Waals surface area (Å²) in [6, 6.07) is 14.5. The smallest absolute Gasteiger partial charge is 0.255 e. The highest BCUT2D eigenvalue weighted by Gasteiger charge is 2.25. The van der Waals surface area contributed by atoms with E-state index in [1.807, 2.05) is 46.2 Å². The fraction of sp³-hybridized carbons (Fsp3) is 0.417. The van der Waals surface area contributed by atoms with Crippen molar-refractivity contribution in [1.82, 2.24) is 9.80 Å². The molecule has 2 aromatic rings. The highest BCUT2D eigenvalue weighted by molar-refractivity contribution is 6.33. The summed E-state index contributed by atoms with van der Waals surface area (Å²) in [6.45, 7) is 4.45. The van der Waals surface area contributed by atoms with E-state index in [1.54, 1.807) is 12.1 Å². The molecule has 6 nitrogen and oxygen atoms in total. The molecule has 0 saturated carbocycles. The maximum Gasteiger partial charge on any atom is 0.255 e. The minimum atomic E-state index is -0.00880. The quantitative estimate of drug-likeness (QED) is 0.707. The molecule has 2 saturated heterocycles. The first-order valence-corrected chi connectivity index (χ1v) is 11.1. The lowest BCUT2D eigenvalue weighted by Crippen LogP contribution is -2.40. The van der Waals surface area contributed by atoms with E-state index in [1.165, 1.54) is 0 Å². The third kappa shape index (κ3) is 5.38. The summed E-state index contributed by atoms with van der Waals surface area (Å²) in [5.41, 5.74) is 1.23. The number of rotatable bonds is 5. The van der Waals surface area contributed by atoms with Gasteiger partial charge in [-0.1, -0.05) is 23.7 Å². The molecular formula is C24H27ClN2O4. The van der Waals surface area contributed by atoms with Crippen molar-refractivity contribution in [2.45, 2.75) is 12.8 Å². The lowest BCUT2D eigenvalue weighted by atomic mass is 9.97. The van der Waals surface area contributed by atoms with Crippen LogP contribution in [0.5, 0.6) is 5.75 Å². The van der Waals surface area contributed by atoms with Crippen LogP contribution in [-0.2, 0) is 4.74 Å². The number of likely N-dealkylation sites (tertiary alicyclic amines) is 1. The van der Waals surface area contributed by atoms with Crippen molar-refractivity contribution in [3.8, 4) is 5.75 Å². The summed E-state index contributed by atoms with van der Waals surface area (Å²) in [4.78, 5) is 28.9. The zero-order valence-corrected chi connectivity index (χ0v) is 18.2. The molecule has 0 unspecified atom stereocenters. The Morgan fingerprint density at radius 3 is 2.23 bits per heavy atom. The third-order valence-electron chi connectivity index (χ3n) is 5.89. The minimum Gasteiger partial charge on any atom is -0.493 e. The number of hydrogen-bond acceptors (Lipinski definition) is 4. The number of carbonyl (C=O) groups is 2. The fourth-order valence-corrected chi connectivity index (χ4v) is 4.18. The minimum absolute atomic E-state index is 0.00880. The topological polar surface area (TPSA) is 59.1 Å². The average molecular weight is 443 g/mol. The van der Waals surface area contributed by atoms with Crippen molar-refractivity contribution >= 4 is 23.4 Å². The summed E-state index contributed by atoms with van der Waals surface area (Å²) in [5.74, 6) is 1.17. The summed E-state index contributed by atoms with van der Waals surface area (Å²) in [7, 11) is 0. The van der Waals surface area contributed by atoms with Crippen LogP contribution in [0.1, 0.15) is 33.6 Å². The largest absolute Gasteiger partial charge is 0.493 e. The Morgan fingerprint density at radius 1 is 0.903 bits per heavy atom. The molecule has 31 heavy (non-hydrogen) atoms. The number of nitrogens with zero attached hydrogens (tertiary/aromatic N) is 2. The molecular weight excluding hydrogens is 416 g/mol. The van der Waals surface area contributed by atoms with Crippen LogP contribution in [0.25, 0.3) is 0 Å². The molecule has 0 aliphatic carbocycles. The lowest BCUT2D eigenvalue weighted by molar-refractivity contribution is 0.0303. The van der Waals surface area contributed by atoms with Gasteiger partial charge in [0.15, 0.2) is 0 Å². The Hall–Kier alpha value is -2.57. The van der Waals surface area contributed by atoms with Crippen molar-refractivity contribution in [2.24, 2.45) is 5.92 Å². The summed E-state index contributed by atoms with van der Waals surface area (Å²) in [6.07, 6.45) is 1.79. The van der Waals surface area contributed by atoms with Gasteiger partial charge >= 0.3 is 0 Å². The Kier molecular flexibility index (Phi) is 7.10. The highest BCUT2D eigenvalue weighted by Crippen LogP contribution is 2.23. The lowest BCUT2D eigenvalue weighted by Gasteiger charge is -2.32. The van der Waals surface area contributed by atoms with Gasteiger partial charge < -0.3 is 19.3 Å². The molecule has 164 valence electrons. The van der Waals surface area contributed by atoms with Crippen molar-refractivity contribution in [1.29, 1.82) is 0 Å². The molecule has 0 spiro atoms. The zero-order chi connectivity index (χ0) is 21.6. The van der Waals surface area contributed by atoms with Crippen LogP contribution in [0.2, 0.25) is 5.02 Å². The number of ether oxygens (including phenoxy) is 2. The molecule has 0 atom stereocenters. The van der Waals surface area contributed by atoms with E-state index < -0.39 is 0 Å². The molecule has 2 aliphatic heterocycles. The van der Waals surface area contributed by atoms with Gasteiger partial charge in [0.2, 0.25) is 0 Å². The zero-order valence-electron chi connectivity index (χ0n) is 17.5. The third-order valence-corrected chi connectivity index (χ3v) is 6.22. The molecule has 0 radical (unpaired) electrons. The summed E-state index contributed by atoms with van der Waals surface area (Å²) < 4.78 is 11.3. The number of hydrogen-bond donors (Lipinski definition) is 0. The summed E-state index contributed by atoms with van der Waals surface area (Å²) in [5, 5.41) is 0.494. The number of amides is 2. The van der Waals surface area contributed by atoms with Crippen LogP contribution in [-0.4, -0.2) is 67.6 Å². The first-order valence-electron chi connectivity index (χ1n) is 10.8. The highest BCUT2D eigenvalue weighted by atomic mass is 35.5. The monoisotopic (exact) mass is 442 g/mol. The van der Waals surface area contributed by atoms with Crippen molar-refractivity contribution < 1.29 is 19.1 Å². The van der Waals surface area contributed by atoms with E-state index in [0.717, 1.165) is 18.6 Å². The van der Waals surface area contributed by atoms with Gasteiger partial charge in [0.05, 0.1) is 30.4 Å². The number of benzene rings is 2. The van der Waals surface area contributed by atoms with Crippen LogP contribution in [0.3, 0.4) is 0 Å². The van der Waals surface area contributed by atoms with E-state index in [9.17, 15) is 9.59 Å². The fourth-order valence-electron chi connectivity index (χ4n) is 3.96. The van der Waals surface area contributed by atoms with E-state index in [-0.39, 0.29) is 11.8 Å². The maximum atomic E-state index is 12.7. The van der Waals surface area contributed by atoms with Crippen LogP contribution in [0.4, 0.5) is 0 Å². The van der Waals surface area contributed by atoms with Crippen LogP contribution >= 0.6 is 11.6 Å². The Bertz CT molecular complexity index is 904. The molecule has 2 heterocycles. The second-order valence-electron chi connectivity index (χ2n) is 7.96. The van der Waals surface area contributed by atoms with Crippen LogP contribution < -0.4 is 4.74 Å². The molecule has 2 fully saturated rings. The molecule has 2 amide bonds. The second-order valence-corrected chi connectivity index (χ2v) is 8.36. The SMILES string of the molecule is O=C(c1ccc(OCC2CCN(C(=O)c3ccccc3Cl)CC2)cc1)N1CCOCC1. The molecule has 2 aliphatic rings. The van der Waals surface area contributed by atoms with Gasteiger partial charge in [-0.15, -0.1) is 0 Å². The Balaban J connectivity index is 1.24. The second kappa shape index (κ2) is 10.2. The van der Waals surface area contributed by atoms with Gasteiger partial charge in [0.25, 0.3) is 11.8 Å². The van der Waals surface area contributed by atoms with Gasteiger partial charge in [0, 0.05) is 31.7 Å². The molecule has 2 aromatic carbocycles. The van der Waals surface area contributed by atoms with Gasteiger partial charge in [0.1, 0.15) is 5.75 Å². The van der Waals surface area contributed by atoms with Crippen molar-refractivity contribution in [2.75, 3.05) is 46.0 Å². The van der Waals surface area contributed by atoms with Gasteiger partial charge in [-0.05, 0) is 55.2 Å². The standard InChI is InChI=1S/C24H27ClN2O4/c25-22-4-2-1-3-21(22)24(29)26-11-9-18(10-12-26)17-31-20-7-5-19(6-8-20)23(28)27-13-15-30-16-14-27/h1-8,18H,9-17H2. The predicted molar refractivity (Wildman–Crippen MR) is 119 cm³/mol. The van der Waals surface area contributed by atoms with E-state index in [2.05, 4.69) is 0 Å². The molecule has 0 N–H and O–H groups in total. The molecule has 4 rings (SSSR count). The van der Waals surface area contributed by atoms with Crippen molar-refractivity contribution in [3.63, 3.8) is 0 Å². The molecule has 0 aromatic heterocycles. The Labute approximate surface area is 187 Å². The van der Waals surface area contributed by atoms with Crippen LogP contribution in [0.15, 0.2) is 48.5 Å². The number of piperidine rings is 1. The van der Waals surface area contributed by atoms with Gasteiger partial charge in [-0.3, -0.25) is 9.59 Å². The molecule has 7 heteroatoms. The van der Waals surface area contributed by atoms with Gasteiger partial charge in [-0.2, -0.15) is 0 Å².